The molecule has 4 rings (SSSR count). The Balaban J connectivity index is 1.93. The third-order valence-electron chi connectivity index (χ3n) is 5.51. The second kappa shape index (κ2) is 7.62. The number of ketones is 1. The van der Waals surface area contributed by atoms with Crippen LogP contribution in [0.15, 0.2) is 57.7 Å². The van der Waals surface area contributed by atoms with Gasteiger partial charge in [-0.15, -0.1) is 0 Å². The predicted octanol–water partition coefficient (Wildman–Crippen LogP) is 4.38. The van der Waals surface area contributed by atoms with Crippen LogP contribution in [0.2, 0.25) is 0 Å². The second-order valence-corrected chi connectivity index (χ2v) is 7.57. The van der Waals surface area contributed by atoms with Gasteiger partial charge in [0, 0.05) is 10.9 Å². The van der Waals surface area contributed by atoms with Gasteiger partial charge in [-0.25, -0.2) is 0 Å². The van der Waals surface area contributed by atoms with Crippen LogP contribution >= 0.6 is 0 Å². The van der Waals surface area contributed by atoms with Gasteiger partial charge in [0.2, 0.25) is 11.7 Å². The summed E-state index contributed by atoms with van der Waals surface area (Å²) in [4.78, 5) is 26.3. The third kappa shape index (κ3) is 3.30. The van der Waals surface area contributed by atoms with E-state index in [4.69, 9.17) is 4.42 Å². The van der Waals surface area contributed by atoms with Crippen molar-refractivity contribution in [2.45, 2.75) is 27.3 Å². The number of aromatic hydroxyl groups is 1. The zero-order valence-electron chi connectivity index (χ0n) is 17.4. The first-order valence-corrected chi connectivity index (χ1v) is 9.78. The van der Waals surface area contributed by atoms with Crippen LogP contribution < -0.4 is 5.56 Å². The maximum absolute atomic E-state index is 13.5. The molecule has 1 N–H and O–H groups in total. The van der Waals surface area contributed by atoms with E-state index in [-0.39, 0.29) is 29.0 Å². The minimum atomic E-state index is -0.644. The van der Waals surface area contributed by atoms with Crippen molar-refractivity contribution in [2.75, 3.05) is 0 Å². The summed E-state index contributed by atoms with van der Waals surface area (Å²) in [7, 11) is 0. The van der Waals surface area contributed by atoms with Crippen molar-refractivity contribution in [3.63, 3.8) is 0 Å². The molecule has 0 aliphatic carbocycles. The molecule has 2 aromatic carbocycles. The maximum Gasteiger partial charge on any atom is 0.271 e. The highest BCUT2D eigenvalue weighted by Gasteiger charge is 2.28. The number of nitrogens with zero attached hydrogens (tertiary/aromatic N) is 2. The van der Waals surface area contributed by atoms with Crippen LogP contribution in [-0.4, -0.2) is 15.5 Å². The first kappa shape index (κ1) is 20.2. The molecule has 0 radical (unpaired) electrons. The zero-order chi connectivity index (χ0) is 22.3. The Morgan fingerprint density at radius 1 is 1.10 bits per heavy atom. The molecule has 4 aromatic rings. The summed E-state index contributed by atoms with van der Waals surface area (Å²) < 4.78 is 6.89. The molecule has 0 aliphatic rings. The van der Waals surface area contributed by atoms with E-state index in [2.05, 4.69) is 0 Å². The highest BCUT2D eigenvalue weighted by atomic mass is 16.3. The van der Waals surface area contributed by atoms with Gasteiger partial charge in [-0.2, -0.15) is 5.26 Å². The van der Waals surface area contributed by atoms with Gasteiger partial charge in [0.15, 0.2) is 5.76 Å². The molecule has 0 aliphatic heterocycles. The number of aryl methyl sites for hydroxylation is 2. The Morgan fingerprint density at radius 2 is 1.81 bits per heavy atom. The topological polar surface area (TPSA) is 96.2 Å². The van der Waals surface area contributed by atoms with Crippen LogP contribution in [-0.2, 0) is 6.54 Å². The number of benzene rings is 2. The number of carbonyl (C=O) groups is 1. The lowest BCUT2D eigenvalue weighted by Crippen LogP contribution is -2.27. The predicted molar refractivity (Wildman–Crippen MR) is 116 cm³/mol. The fourth-order valence-electron chi connectivity index (χ4n) is 3.80. The van der Waals surface area contributed by atoms with E-state index >= 15 is 0 Å². The molecule has 6 heteroatoms. The molecule has 0 spiro atoms. The van der Waals surface area contributed by atoms with Crippen molar-refractivity contribution >= 4 is 16.8 Å². The number of furan rings is 1. The number of fused-ring (bicyclic) bond motifs is 1. The highest BCUT2D eigenvalue weighted by molar-refractivity contribution is 6.12. The van der Waals surface area contributed by atoms with Gasteiger partial charge >= 0.3 is 0 Å². The largest absolute Gasteiger partial charge is 0.494 e. The monoisotopic (exact) mass is 412 g/mol. The number of nitriles is 1. The number of aromatic nitrogens is 1. The lowest BCUT2D eigenvalue weighted by Gasteiger charge is -2.15. The average molecular weight is 412 g/mol. The van der Waals surface area contributed by atoms with Crippen LogP contribution in [0.4, 0.5) is 0 Å². The maximum atomic E-state index is 13.5. The Bertz CT molecular complexity index is 1440. The number of pyridine rings is 1. The fourth-order valence-corrected chi connectivity index (χ4v) is 3.80. The molecule has 154 valence electrons. The Labute approximate surface area is 178 Å². The van der Waals surface area contributed by atoms with E-state index in [0.29, 0.717) is 11.1 Å². The van der Waals surface area contributed by atoms with Gasteiger partial charge in [0.05, 0.1) is 12.1 Å². The molecule has 31 heavy (non-hydrogen) atoms. The first-order valence-electron chi connectivity index (χ1n) is 9.78. The van der Waals surface area contributed by atoms with E-state index in [1.54, 1.807) is 19.1 Å². The Morgan fingerprint density at radius 3 is 2.48 bits per heavy atom. The van der Waals surface area contributed by atoms with Crippen molar-refractivity contribution in [1.29, 1.82) is 5.26 Å². The molecule has 2 heterocycles. The molecular formula is C25H20N2O4. The molecule has 0 fully saturated rings. The second-order valence-electron chi connectivity index (χ2n) is 7.57. The smallest absolute Gasteiger partial charge is 0.271 e. The van der Waals surface area contributed by atoms with Crippen LogP contribution in [0.3, 0.4) is 0 Å². The van der Waals surface area contributed by atoms with Crippen molar-refractivity contribution in [2.24, 2.45) is 0 Å². The van der Waals surface area contributed by atoms with Gasteiger partial charge in [-0.3, -0.25) is 14.2 Å². The summed E-state index contributed by atoms with van der Waals surface area (Å²) >= 11 is 0. The Kier molecular flexibility index (Phi) is 4.96. The first-order chi connectivity index (χ1) is 14.8. The SMILES string of the molecule is Cc1ccc2c(C)c(C(=O)c3c(C)c(C#N)c(=O)n(Cc4ccccc4)c3O)oc2c1. The number of rotatable bonds is 4. The van der Waals surface area contributed by atoms with Crippen LogP contribution in [0, 0.1) is 32.1 Å². The van der Waals surface area contributed by atoms with Crippen molar-refractivity contribution in [3.05, 3.63) is 98.0 Å². The lowest BCUT2D eigenvalue weighted by molar-refractivity contribution is 0.101. The quantitative estimate of drug-likeness (QED) is 0.502. The molecular weight excluding hydrogens is 392 g/mol. The van der Waals surface area contributed by atoms with Crippen LogP contribution in [0.1, 0.15) is 43.9 Å². The number of hydrogen-bond donors (Lipinski definition) is 1. The molecule has 0 saturated heterocycles. The van der Waals surface area contributed by atoms with Gasteiger partial charge in [-0.1, -0.05) is 42.5 Å². The summed E-state index contributed by atoms with van der Waals surface area (Å²) in [6, 6.07) is 16.6. The molecule has 0 saturated carbocycles. The van der Waals surface area contributed by atoms with Crippen LogP contribution in [0.25, 0.3) is 11.0 Å². The van der Waals surface area contributed by atoms with E-state index in [0.717, 1.165) is 21.1 Å². The summed E-state index contributed by atoms with van der Waals surface area (Å²) in [5.41, 5.74) is 2.15. The van der Waals surface area contributed by atoms with Gasteiger partial charge < -0.3 is 9.52 Å². The zero-order valence-corrected chi connectivity index (χ0v) is 17.4. The van der Waals surface area contributed by atoms with Crippen molar-refractivity contribution in [3.8, 4) is 11.9 Å². The van der Waals surface area contributed by atoms with Crippen LogP contribution in [0.5, 0.6) is 5.88 Å². The lowest BCUT2D eigenvalue weighted by atomic mass is 9.98. The fraction of sp³-hybridized carbons (Fsp3) is 0.160. The van der Waals surface area contributed by atoms with Crippen molar-refractivity contribution in [1.82, 2.24) is 4.57 Å². The normalized spacial score (nSPS) is 10.9. The highest BCUT2D eigenvalue weighted by Crippen LogP contribution is 2.31. The van der Waals surface area contributed by atoms with Gasteiger partial charge in [-0.05, 0) is 43.5 Å². The molecule has 0 bridgehead atoms. The number of hydrogen-bond acceptors (Lipinski definition) is 5. The van der Waals surface area contributed by atoms with Gasteiger partial charge in [0.1, 0.15) is 17.2 Å². The minimum Gasteiger partial charge on any atom is -0.494 e. The Hall–Kier alpha value is -4.11. The third-order valence-corrected chi connectivity index (χ3v) is 5.51. The van der Waals surface area contributed by atoms with E-state index in [1.165, 1.54) is 6.92 Å². The molecule has 6 nitrogen and oxygen atoms in total. The van der Waals surface area contributed by atoms with Crippen molar-refractivity contribution < 1.29 is 14.3 Å². The summed E-state index contributed by atoms with van der Waals surface area (Å²) in [5, 5.41) is 21.3. The molecule has 0 amide bonds. The van der Waals surface area contributed by atoms with Gasteiger partial charge in [0.25, 0.3) is 5.56 Å². The van der Waals surface area contributed by atoms with E-state index in [1.807, 2.05) is 49.4 Å². The summed E-state index contributed by atoms with van der Waals surface area (Å²) in [5.74, 6) is -0.973. The average Bonchev–Trinajstić information content (AvgIpc) is 3.08. The molecule has 0 atom stereocenters. The minimum absolute atomic E-state index is 0.0268. The van der Waals surface area contributed by atoms with E-state index < -0.39 is 17.2 Å². The molecule has 0 unspecified atom stereocenters. The molecule has 2 aromatic heterocycles. The summed E-state index contributed by atoms with van der Waals surface area (Å²) in [6.07, 6.45) is 0. The number of carbonyl (C=O) groups excluding carboxylic acids is 1. The standard InChI is InChI=1S/C25H20N2O4/c1-14-9-10-18-16(3)23(31-20(18)11-14)22(28)21-15(2)19(12-26)24(29)27(25(21)30)13-17-7-5-4-6-8-17/h4-11,30H,13H2,1-3H3. The summed E-state index contributed by atoms with van der Waals surface area (Å²) in [6.45, 7) is 5.21. The van der Waals surface area contributed by atoms with E-state index in [9.17, 15) is 20.0 Å².